The van der Waals surface area contributed by atoms with E-state index in [0.29, 0.717) is 13.1 Å². The van der Waals surface area contributed by atoms with Crippen molar-refractivity contribution in [2.75, 3.05) is 34.5 Å². The number of hydrogen-bond acceptors (Lipinski definition) is 5. The van der Waals surface area contributed by atoms with Gasteiger partial charge in [-0.05, 0) is 36.8 Å². The van der Waals surface area contributed by atoms with Gasteiger partial charge in [0.25, 0.3) is 0 Å². The van der Waals surface area contributed by atoms with Gasteiger partial charge >= 0.3 is 0 Å². The van der Waals surface area contributed by atoms with Crippen LogP contribution < -0.4 is 24.3 Å². The van der Waals surface area contributed by atoms with Crippen LogP contribution in [0.1, 0.15) is 12.5 Å². The van der Waals surface area contributed by atoms with E-state index in [1.807, 2.05) is 61.3 Å². The molecular weight excluding hydrogens is 485 g/mol. The van der Waals surface area contributed by atoms with Crippen molar-refractivity contribution >= 4 is 29.9 Å². The summed E-state index contributed by atoms with van der Waals surface area (Å²) in [6.07, 6.45) is -0.0630. The molecule has 1 aliphatic rings. The molecule has 0 aliphatic carbocycles. The van der Waals surface area contributed by atoms with E-state index in [9.17, 15) is 0 Å². The summed E-state index contributed by atoms with van der Waals surface area (Å²) < 4.78 is 22.1. The number of nitrogens with zero attached hydrogens (tertiary/aromatic N) is 2. The van der Waals surface area contributed by atoms with Gasteiger partial charge in [-0.2, -0.15) is 0 Å². The van der Waals surface area contributed by atoms with Crippen LogP contribution in [-0.4, -0.2) is 51.5 Å². The number of para-hydroxylation sites is 2. The van der Waals surface area contributed by atoms with Crippen LogP contribution in [0.4, 0.5) is 0 Å². The van der Waals surface area contributed by atoms with Crippen molar-refractivity contribution in [3.8, 4) is 23.0 Å². The molecule has 3 rings (SSSR count). The number of rotatable bonds is 7. The third kappa shape index (κ3) is 6.06. The Kier molecular flexibility index (Phi) is 8.69. The first kappa shape index (κ1) is 22.9. The smallest absolute Gasteiger partial charge is 0.231 e. The Morgan fingerprint density at radius 3 is 2.62 bits per heavy atom. The lowest BCUT2D eigenvalue weighted by Gasteiger charge is -2.24. The zero-order valence-electron chi connectivity index (χ0n) is 17.2. The lowest BCUT2D eigenvalue weighted by molar-refractivity contribution is 0.174. The SMILES string of the molecule is CN=C(NCC(C)Oc1ccccc1OC)N(C)Cc1ccc2c(c1)OCO2.I. The molecule has 0 bridgehead atoms. The molecule has 7 nitrogen and oxygen atoms in total. The van der Waals surface area contributed by atoms with Gasteiger partial charge in [0, 0.05) is 20.6 Å². The number of hydrogen-bond donors (Lipinski definition) is 1. The zero-order valence-corrected chi connectivity index (χ0v) is 19.5. The van der Waals surface area contributed by atoms with E-state index in [0.717, 1.165) is 34.5 Å². The third-order valence-corrected chi connectivity index (χ3v) is 4.37. The molecular formula is C21H28IN3O4. The predicted octanol–water partition coefficient (Wildman–Crippen LogP) is 3.52. The molecule has 2 aromatic rings. The van der Waals surface area contributed by atoms with Crippen LogP contribution in [0, 0.1) is 0 Å². The van der Waals surface area contributed by atoms with Gasteiger partial charge in [0.1, 0.15) is 6.10 Å². The fourth-order valence-corrected chi connectivity index (χ4v) is 2.98. The van der Waals surface area contributed by atoms with Crippen LogP contribution >= 0.6 is 24.0 Å². The van der Waals surface area contributed by atoms with E-state index in [1.165, 1.54) is 0 Å². The van der Waals surface area contributed by atoms with Crippen molar-refractivity contribution in [1.29, 1.82) is 0 Å². The number of guanidine groups is 1. The van der Waals surface area contributed by atoms with Crippen LogP contribution in [0.15, 0.2) is 47.5 Å². The molecule has 0 saturated carbocycles. The Morgan fingerprint density at radius 1 is 1.17 bits per heavy atom. The lowest BCUT2D eigenvalue weighted by atomic mass is 10.2. The Bertz CT molecular complexity index is 831. The average molecular weight is 513 g/mol. The lowest BCUT2D eigenvalue weighted by Crippen LogP contribution is -2.42. The molecule has 0 spiro atoms. The summed E-state index contributed by atoms with van der Waals surface area (Å²) in [6, 6.07) is 13.6. The first-order valence-electron chi connectivity index (χ1n) is 9.20. The van der Waals surface area contributed by atoms with Crippen molar-refractivity contribution in [3.63, 3.8) is 0 Å². The highest BCUT2D eigenvalue weighted by Gasteiger charge is 2.15. The van der Waals surface area contributed by atoms with Gasteiger partial charge in [-0.1, -0.05) is 18.2 Å². The maximum absolute atomic E-state index is 5.99. The number of fused-ring (bicyclic) bond motifs is 1. The van der Waals surface area contributed by atoms with Crippen LogP contribution in [0.5, 0.6) is 23.0 Å². The summed E-state index contributed by atoms with van der Waals surface area (Å²) >= 11 is 0. The highest BCUT2D eigenvalue weighted by molar-refractivity contribution is 14.0. The van der Waals surface area contributed by atoms with Crippen molar-refractivity contribution in [2.24, 2.45) is 4.99 Å². The average Bonchev–Trinajstić information content (AvgIpc) is 3.16. The summed E-state index contributed by atoms with van der Waals surface area (Å²) in [5, 5.41) is 3.35. The van der Waals surface area contributed by atoms with Gasteiger partial charge in [0.2, 0.25) is 6.79 Å². The Morgan fingerprint density at radius 2 is 1.90 bits per heavy atom. The quantitative estimate of drug-likeness (QED) is 0.348. The fraction of sp³-hybridized carbons (Fsp3) is 0.381. The molecule has 0 saturated heterocycles. The van der Waals surface area contributed by atoms with Crippen LogP contribution in [-0.2, 0) is 6.54 Å². The summed E-state index contributed by atoms with van der Waals surface area (Å²) in [4.78, 5) is 6.41. The van der Waals surface area contributed by atoms with Gasteiger partial charge in [-0.25, -0.2) is 0 Å². The monoisotopic (exact) mass is 513 g/mol. The highest BCUT2D eigenvalue weighted by atomic mass is 127. The predicted molar refractivity (Wildman–Crippen MR) is 124 cm³/mol. The van der Waals surface area contributed by atoms with Crippen LogP contribution in [0.25, 0.3) is 0 Å². The molecule has 158 valence electrons. The molecule has 1 heterocycles. The van der Waals surface area contributed by atoms with Crippen LogP contribution in [0.2, 0.25) is 0 Å². The Hall–Kier alpha value is -2.36. The van der Waals surface area contributed by atoms with E-state index >= 15 is 0 Å². The molecule has 0 radical (unpaired) electrons. The summed E-state index contributed by atoms with van der Waals surface area (Å²) in [5.74, 6) is 3.80. The number of nitrogens with one attached hydrogen (secondary N) is 1. The van der Waals surface area contributed by atoms with E-state index in [2.05, 4.69) is 10.3 Å². The number of halogens is 1. The molecule has 8 heteroatoms. The van der Waals surface area contributed by atoms with Gasteiger partial charge < -0.3 is 29.2 Å². The van der Waals surface area contributed by atoms with Gasteiger partial charge in [0.15, 0.2) is 29.0 Å². The number of methoxy groups -OCH3 is 1. The van der Waals surface area contributed by atoms with E-state index in [1.54, 1.807) is 14.2 Å². The van der Waals surface area contributed by atoms with Crippen LogP contribution in [0.3, 0.4) is 0 Å². The Balaban J connectivity index is 0.00000300. The second-order valence-corrected chi connectivity index (χ2v) is 6.55. The van der Waals surface area contributed by atoms with Gasteiger partial charge in [-0.15, -0.1) is 24.0 Å². The van der Waals surface area contributed by atoms with E-state index in [-0.39, 0.29) is 36.9 Å². The standard InChI is InChI=1S/C21H27N3O4.HI/c1-15(28-19-8-6-5-7-17(19)25-4)12-23-21(22-2)24(3)13-16-9-10-18-20(11-16)27-14-26-18;/h5-11,15H,12-14H2,1-4H3,(H,22,23);1H. The molecule has 0 amide bonds. The van der Waals surface area contributed by atoms with E-state index in [4.69, 9.17) is 18.9 Å². The number of ether oxygens (including phenoxy) is 4. The fourth-order valence-electron chi connectivity index (χ4n) is 2.98. The molecule has 1 unspecified atom stereocenters. The van der Waals surface area contributed by atoms with Gasteiger partial charge in [-0.3, -0.25) is 4.99 Å². The number of aliphatic imine (C=N–C) groups is 1. The molecule has 1 atom stereocenters. The molecule has 29 heavy (non-hydrogen) atoms. The maximum atomic E-state index is 5.99. The maximum Gasteiger partial charge on any atom is 0.231 e. The largest absolute Gasteiger partial charge is 0.493 e. The minimum absolute atomic E-state index is 0. The Labute approximate surface area is 189 Å². The number of benzene rings is 2. The molecule has 2 aromatic carbocycles. The van der Waals surface area contributed by atoms with E-state index < -0.39 is 0 Å². The molecule has 1 aliphatic heterocycles. The second kappa shape index (κ2) is 11.0. The molecule has 1 N–H and O–H groups in total. The first-order chi connectivity index (χ1) is 13.6. The molecule has 0 fully saturated rings. The third-order valence-electron chi connectivity index (χ3n) is 4.37. The van der Waals surface area contributed by atoms with Crippen molar-refractivity contribution in [1.82, 2.24) is 10.2 Å². The zero-order chi connectivity index (χ0) is 19.9. The molecule has 0 aromatic heterocycles. The van der Waals surface area contributed by atoms with Crippen molar-refractivity contribution in [3.05, 3.63) is 48.0 Å². The van der Waals surface area contributed by atoms with Gasteiger partial charge in [0.05, 0.1) is 13.7 Å². The minimum Gasteiger partial charge on any atom is -0.493 e. The van der Waals surface area contributed by atoms with Crippen molar-refractivity contribution in [2.45, 2.75) is 19.6 Å². The minimum atomic E-state index is -0.0630. The summed E-state index contributed by atoms with van der Waals surface area (Å²) in [7, 11) is 5.40. The highest BCUT2D eigenvalue weighted by Crippen LogP contribution is 2.32. The van der Waals surface area contributed by atoms with Crippen molar-refractivity contribution < 1.29 is 18.9 Å². The summed E-state index contributed by atoms with van der Waals surface area (Å²) in [5.41, 5.74) is 1.12. The normalized spacial score (nSPS) is 13.3. The topological polar surface area (TPSA) is 64.6 Å². The first-order valence-corrected chi connectivity index (χ1v) is 9.20. The second-order valence-electron chi connectivity index (χ2n) is 6.55. The summed E-state index contributed by atoms with van der Waals surface area (Å²) in [6.45, 7) is 3.58.